The maximum Gasteiger partial charge on any atom is 0.387 e. The number of halogens is 2. The van der Waals surface area contributed by atoms with E-state index in [-0.39, 0.29) is 17.9 Å². The topological polar surface area (TPSA) is 56.8 Å². The summed E-state index contributed by atoms with van der Waals surface area (Å²) in [6.07, 6.45) is 5.13. The summed E-state index contributed by atoms with van der Waals surface area (Å²) in [5.74, 6) is 0.411. The lowest BCUT2D eigenvalue weighted by Gasteiger charge is -2.15. The van der Waals surface area contributed by atoms with Crippen molar-refractivity contribution in [3.05, 3.63) is 54.3 Å². The molecular formula is C21H29F2NO4. The highest BCUT2D eigenvalue weighted by Crippen LogP contribution is 2.30. The standard InChI is InChI=1S/C16H19F2NO3.C5H10O/c1-4-9-19-14-8-7-11(22-16(17)18)10-13(14)12(5-2)15(20)21-6-3;1-4-5(2)6-3/h4-5,7-8,10,16,19H,1,6,9H2,2-3H3;4H,1-3H3/b12-5-;5-4+. The molecule has 0 aromatic heterocycles. The molecule has 7 heteroatoms. The van der Waals surface area contributed by atoms with Gasteiger partial charge in [0.1, 0.15) is 5.75 Å². The number of esters is 1. The van der Waals surface area contributed by atoms with Crippen molar-refractivity contribution in [2.24, 2.45) is 0 Å². The summed E-state index contributed by atoms with van der Waals surface area (Å²) in [5, 5.41) is 3.05. The van der Waals surface area contributed by atoms with Gasteiger partial charge in [-0.2, -0.15) is 8.78 Å². The van der Waals surface area contributed by atoms with Crippen LogP contribution in [-0.4, -0.2) is 32.8 Å². The lowest BCUT2D eigenvalue weighted by Crippen LogP contribution is -2.10. The highest BCUT2D eigenvalue weighted by molar-refractivity contribution is 6.18. The van der Waals surface area contributed by atoms with Crippen LogP contribution in [0.2, 0.25) is 0 Å². The molecule has 0 radical (unpaired) electrons. The molecule has 1 aromatic carbocycles. The Morgan fingerprint density at radius 3 is 2.39 bits per heavy atom. The number of allylic oxidation sites excluding steroid dienone is 3. The van der Waals surface area contributed by atoms with Crippen LogP contribution in [0.25, 0.3) is 5.57 Å². The average Bonchev–Trinajstić information content (AvgIpc) is 2.67. The highest BCUT2D eigenvalue weighted by atomic mass is 19.3. The molecule has 0 saturated heterocycles. The van der Waals surface area contributed by atoms with Crippen LogP contribution in [0.5, 0.6) is 5.75 Å². The van der Waals surface area contributed by atoms with E-state index >= 15 is 0 Å². The molecule has 28 heavy (non-hydrogen) atoms. The zero-order valence-electron chi connectivity index (χ0n) is 17.1. The largest absolute Gasteiger partial charge is 0.502 e. The van der Waals surface area contributed by atoms with E-state index in [9.17, 15) is 13.6 Å². The van der Waals surface area contributed by atoms with Crippen LogP contribution < -0.4 is 10.1 Å². The fourth-order valence-electron chi connectivity index (χ4n) is 1.97. The Bertz CT molecular complexity index is 685. The first kappa shape index (κ1) is 25.2. The first-order valence-corrected chi connectivity index (χ1v) is 8.78. The third-order valence-electron chi connectivity index (χ3n) is 3.46. The third-order valence-corrected chi connectivity index (χ3v) is 3.46. The second-order valence-corrected chi connectivity index (χ2v) is 5.28. The van der Waals surface area contributed by atoms with Crippen LogP contribution in [0, 0.1) is 0 Å². The van der Waals surface area contributed by atoms with E-state index in [1.165, 1.54) is 12.1 Å². The molecule has 0 bridgehead atoms. The zero-order chi connectivity index (χ0) is 21.5. The SMILES string of the molecule is C/C=C(\C)OC.C=CCNc1ccc(OC(F)F)cc1/C(=C/C)C(=O)OCC. The molecule has 1 aromatic rings. The molecule has 0 atom stereocenters. The molecule has 0 heterocycles. The number of ether oxygens (including phenoxy) is 3. The van der Waals surface area contributed by atoms with Gasteiger partial charge in [0.25, 0.3) is 0 Å². The van der Waals surface area contributed by atoms with Crippen LogP contribution in [0.4, 0.5) is 14.5 Å². The van der Waals surface area contributed by atoms with E-state index < -0.39 is 12.6 Å². The number of methoxy groups -OCH3 is 1. The summed E-state index contributed by atoms with van der Waals surface area (Å²) in [6, 6.07) is 4.35. The number of nitrogens with one attached hydrogen (secondary N) is 1. The van der Waals surface area contributed by atoms with Crippen molar-refractivity contribution < 1.29 is 27.8 Å². The predicted octanol–water partition coefficient (Wildman–Crippen LogP) is 5.41. The lowest BCUT2D eigenvalue weighted by atomic mass is 10.0. The maximum absolute atomic E-state index is 12.4. The fourth-order valence-corrected chi connectivity index (χ4v) is 1.97. The summed E-state index contributed by atoms with van der Waals surface area (Å²) < 4.78 is 38.9. The van der Waals surface area contributed by atoms with E-state index in [1.54, 1.807) is 39.2 Å². The summed E-state index contributed by atoms with van der Waals surface area (Å²) in [7, 11) is 1.66. The minimum absolute atomic E-state index is 0.0298. The van der Waals surface area contributed by atoms with Crippen LogP contribution in [-0.2, 0) is 14.3 Å². The number of hydrogen-bond donors (Lipinski definition) is 1. The van der Waals surface area contributed by atoms with Gasteiger partial charge in [-0.25, -0.2) is 4.79 Å². The van der Waals surface area contributed by atoms with Gasteiger partial charge in [0.05, 0.1) is 25.0 Å². The average molecular weight is 397 g/mol. The van der Waals surface area contributed by atoms with Crippen molar-refractivity contribution in [2.75, 3.05) is 25.6 Å². The molecule has 1 N–H and O–H groups in total. The van der Waals surface area contributed by atoms with Gasteiger partial charge in [-0.15, -0.1) is 6.58 Å². The highest BCUT2D eigenvalue weighted by Gasteiger charge is 2.17. The number of carbonyl (C=O) groups is 1. The van der Waals surface area contributed by atoms with Gasteiger partial charge in [0.2, 0.25) is 0 Å². The Kier molecular flexibility index (Phi) is 12.8. The number of rotatable bonds is 9. The predicted molar refractivity (Wildman–Crippen MR) is 108 cm³/mol. The van der Waals surface area contributed by atoms with Crippen molar-refractivity contribution in [2.45, 2.75) is 34.3 Å². The molecule has 0 spiro atoms. The molecule has 0 unspecified atom stereocenters. The molecule has 0 aliphatic heterocycles. The first-order valence-electron chi connectivity index (χ1n) is 8.78. The lowest BCUT2D eigenvalue weighted by molar-refractivity contribution is -0.136. The van der Waals surface area contributed by atoms with Gasteiger partial charge < -0.3 is 19.5 Å². The molecule has 5 nitrogen and oxygen atoms in total. The van der Waals surface area contributed by atoms with Crippen LogP contribution >= 0.6 is 0 Å². The van der Waals surface area contributed by atoms with E-state index in [1.807, 2.05) is 19.9 Å². The third kappa shape index (κ3) is 9.21. The summed E-state index contributed by atoms with van der Waals surface area (Å²) in [5.41, 5.74) is 1.30. The molecule has 0 aliphatic carbocycles. The molecule has 1 rings (SSSR count). The Hall–Kier alpha value is -2.83. The van der Waals surface area contributed by atoms with Gasteiger partial charge in [-0.1, -0.05) is 18.2 Å². The Morgan fingerprint density at radius 2 is 1.96 bits per heavy atom. The van der Waals surface area contributed by atoms with Crippen LogP contribution in [0.15, 0.2) is 48.8 Å². The number of anilines is 1. The summed E-state index contributed by atoms with van der Waals surface area (Å²) in [4.78, 5) is 12.0. The van der Waals surface area contributed by atoms with Crippen molar-refractivity contribution in [3.8, 4) is 5.75 Å². The van der Waals surface area contributed by atoms with Crippen molar-refractivity contribution >= 4 is 17.2 Å². The second-order valence-electron chi connectivity index (χ2n) is 5.28. The van der Waals surface area contributed by atoms with Crippen LogP contribution in [0.3, 0.4) is 0 Å². The van der Waals surface area contributed by atoms with Crippen molar-refractivity contribution in [1.29, 1.82) is 0 Å². The monoisotopic (exact) mass is 397 g/mol. The molecule has 0 aliphatic rings. The normalized spacial score (nSPS) is 11.3. The Morgan fingerprint density at radius 1 is 1.29 bits per heavy atom. The quantitative estimate of drug-likeness (QED) is 0.261. The van der Waals surface area contributed by atoms with E-state index in [2.05, 4.69) is 16.6 Å². The number of alkyl halides is 2. The second kappa shape index (κ2) is 14.3. The van der Waals surface area contributed by atoms with E-state index in [0.717, 1.165) is 5.76 Å². The van der Waals surface area contributed by atoms with Crippen LogP contribution in [0.1, 0.15) is 33.3 Å². The van der Waals surface area contributed by atoms with E-state index in [4.69, 9.17) is 9.47 Å². The first-order chi connectivity index (χ1) is 13.3. The number of hydrogen-bond acceptors (Lipinski definition) is 5. The van der Waals surface area contributed by atoms with Gasteiger partial charge in [-0.05, 0) is 45.9 Å². The van der Waals surface area contributed by atoms with Gasteiger partial charge in [0.15, 0.2) is 0 Å². The smallest absolute Gasteiger partial charge is 0.387 e. The minimum atomic E-state index is -2.93. The molecule has 0 amide bonds. The van der Waals surface area contributed by atoms with Gasteiger partial charge >= 0.3 is 12.6 Å². The van der Waals surface area contributed by atoms with Gasteiger partial charge in [0, 0.05) is 17.8 Å². The van der Waals surface area contributed by atoms with E-state index in [0.29, 0.717) is 17.8 Å². The van der Waals surface area contributed by atoms with Gasteiger partial charge in [-0.3, -0.25) is 0 Å². The number of benzene rings is 1. The van der Waals surface area contributed by atoms with Crippen molar-refractivity contribution in [3.63, 3.8) is 0 Å². The summed E-state index contributed by atoms with van der Waals surface area (Å²) >= 11 is 0. The molecule has 0 fully saturated rings. The number of carbonyl (C=O) groups excluding carboxylic acids is 1. The zero-order valence-corrected chi connectivity index (χ0v) is 17.1. The molecule has 156 valence electrons. The molecule has 0 saturated carbocycles. The Labute approximate surface area is 165 Å². The minimum Gasteiger partial charge on any atom is -0.502 e. The maximum atomic E-state index is 12.4. The summed E-state index contributed by atoms with van der Waals surface area (Å²) in [6.45, 7) is 8.57. The molecular weight excluding hydrogens is 368 g/mol. The Balaban J connectivity index is 0.00000105. The van der Waals surface area contributed by atoms with Crippen molar-refractivity contribution in [1.82, 2.24) is 0 Å². The fraction of sp³-hybridized carbons (Fsp3) is 0.381.